The topological polar surface area (TPSA) is 0 Å². The molecule has 0 amide bonds. The summed E-state index contributed by atoms with van der Waals surface area (Å²) in [6.07, 6.45) is 8.21. The minimum atomic E-state index is 0.415. The summed E-state index contributed by atoms with van der Waals surface area (Å²) in [6.45, 7) is 2.25. The molecule has 5 aromatic rings. The van der Waals surface area contributed by atoms with Crippen LogP contribution < -0.4 is 0 Å². The van der Waals surface area contributed by atoms with E-state index < -0.39 is 0 Å². The SMILES string of the molecule is Cc1c2ccccc2c(C2=CCC(c3cccc4ccccc34)C=C2)c2ccccc12. The van der Waals surface area contributed by atoms with Gasteiger partial charge in [-0.05, 0) is 67.9 Å². The van der Waals surface area contributed by atoms with Crippen LogP contribution in [0.25, 0.3) is 37.9 Å². The van der Waals surface area contributed by atoms with Gasteiger partial charge >= 0.3 is 0 Å². The summed E-state index contributed by atoms with van der Waals surface area (Å²) in [7, 11) is 0. The van der Waals surface area contributed by atoms with E-state index in [-0.39, 0.29) is 0 Å². The van der Waals surface area contributed by atoms with Crippen molar-refractivity contribution in [1.82, 2.24) is 0 Å². The quantitative estimate of drug-likeness (QED) is 0.262. The Morgan fingerprint density at radius 1 is 0.613 bits per heavy atom. The third kappa shape index (κ3) is 2.91. The highest BCUT2D eigenvalue weighted by Crippen LogP contribution is 2.40. The molecular weight excluding hydrogens is 372 g/mol. The Morgan fingerprint density at radius 3 is 1.84 bits per heavy atom. The molecule has 148 valence electrons. The average molecular weight is 397 g/mol. The Hall–Kier alpha value is -3.64. The molecule has 0 aromatic heterocycles. The predicted octanol–water partition coefficient (Wildman–Crippen LogP) is 8.58. The van der Waals surface area contributed by atoms with Gasteiger partial charge in [-0.1, -0.05) is 109 Å². The first-order valence-corrected chi connectivity index (χ1v) is 11.1. The van der Waals surface area contributed by atoms with Crippen molar-refractivity contribution in [2.75, 3.05) is 0 Å². The molecule has 1 atom stereocenters. The summed E-state index contributed by atoms with van der Waals surface area (Å²) in [5, 5.41) is 8.07. The normalized spacial score (nSPS) is 16.2. The second kappa shape index (κ2) is 7.25. The molecule has 0 fully saturated rings. The lowest BCUT2D eigenvalue weighted by atomic mass is 9.83. The van der Waals surface area contributed by atoms with Crippen LogP contribution in [-0.4, -0.2) is 0 Å². The van der Waals surface area contributed by atoms with E-state index in [1.54, 1.807) is 0 Å². The third-order valence-corrected chi connectivity index (χ3v) is 6.81. The molecule has 0 saturated carbocycles. The zero-order chi connectivity index (χ0) is 20.8. The van der Waals surface area contributed by atoms with E-state index >= 15 is 0 Å². The second-order valence-electron chi connectivity index (χ2n) is 8.52. The first kappa shape index (κ1) is 18.2. The summed E-state index contributed by atoms with van der Waals surface area (Å²) < 4.78 is 0. The summed E-state index contributed by atoms with van der Waals surface area (Å²) in [6, 6.07) is 33.1. The van der Waals surface area contributed by atoms with Gasteiger partial charge in [-0.2, -0.15) is 0 Å². The average Bonchev–Trinajstić information content (AvgIpc) is 2.84. The van der Waals surface area contributed by atoms with Crippen LogP contribution >= 0.6 is 0 Å². The summed E-state index contributed by atoms with van der Waals surface area (Å²) in [5.74, 6) is 0.415. The number of rotatable bonds is 2. The smallest absolute Gasteiger partial charge is 0.00622 e. The number of aryl methyl sites for hydroxylation is 1. The first-order chi connectivity index (χ1) is 15.3. The third-order valence-electron chi connectivity index (χ3n) is 6.81. The van der Waals surface area contributed by atoms with Gasteiger partial charge in [0.2, 0.25) is 0 Å². The maximum Gasteiger partial charge on any atom is 0.00622 e. The summed E-state index contributed by atoms with van der Waals surface area (Å²) >= 11 is 0. The molecule has 6 rings (SSSR count). The van der Waals surface area contributed by atoms with E-state index in [2.05, 4.69) is 116 Å². The van der Waals surface area contributed by atoms with E-state index in [1.807, 2.05) is 0 Å². The van der Waals surface area contributed by atoms with E-state index in [0.717, 1.165) is 6.42 Å². The largest absolute Gasteiger partial charge is 0.0761 e. The Bertz CT molecular complexity index is 1450. The molecule has 1 unspecified atom stereocenters. The molecule has 0 N–H and O–H groups in total. The predicted molar refractivity (Wildman–Crippen MR) is 135 cm³/mol. The molecule has 0 spiro atoms. The van der Waals surface area contributed by atoms with Gasteiger partial charge in [0.25, 0.3) is 0 Å². The maximum absolute atomic E-state index is 2.44. The van der Waals surface area contributed by atoms with Crippen molar-refractivity contribution in [1.29, 1.82) is 0 Å². The van der Waals surface area contributed by atoms with E-state index in [1.165, 1.54) is 54.6 Å². The minimum absolute atomic E-state index is 0.415. The lowest BCUT2D eigenvalue weighted by molar-refractivity contribution is 0.865. The number of allylic oxidation sites excluding steroid dienone is 4. The van der Waals surface area contributed by atoms with Gasteiger partial charge in [-0.3, -0.25) is 0 Å². The molecule has 0 radical (unpaired) electrons. The molecule has 5 aromatic carbocycles. The summed E-state index contributed by atoms with van der Waals surface area (Å²) in [5.41, 5.74) is 5.49. The fourth-order valence-electron chi connectivity index (χ4n) is 5.27. The van der Waals surface area contributed by atoms with Crippen molar-refractivity contribution in [3.05, 3.63) is 126 Å². The van der Waals surface area contributed by atoms with Crippen LogP contribution in [0.5, 0.6) is 0 Å². The van der Waals surface area contributed by atoms with Crippen LogP contribution in [0.3, 0.4) is 0 Å². The number of hydrogen-bond acceptors (Lipinski definition) is 0. The summed E-state index contributed by atoms with van der Waals surface area (Å²) in [4.78, 5) is 0. The van der Waals surface area contributed by atoms with Gasteiger partial charge in [-0.15, -0.1) is 0 Å². The highest BCUT2D eigenvalue weighted by molar-refractivity contribution is 6.12. The molecule has 1 aliphatic rings. The molecule has 31 heavy (non-hydrogen) atoms. The maximum atomic E-state index is 2.44. The Morgan fingerprint density at radius 2 is 1.19 bits per heavy atom. The van der Waals surface area contributed by atoms with Gasteiger partial charge in [0.1, 0.15) is 0 Å². The van der Waals surface area contributed by atoms with Crippen molar-refractivity contribution < 1.29 is 0 Å². The first-order valence-electron chi connectivity index (χ1n) is 11.1. The zero-order valence-corrected chi connectivity index (χ0v) is 17.7. The highest BCUT2D eigenvalue weighted by atomic mass is 14.2. The monoisotopic (exact) mass is 396 g/mol. The van der Waals surface area contributed by atoms with Crippen molar-refractivity contribution in [2.45, 2.75) is 19.3 Å². The van der Waals surface area contributed by atoms with Crippen LogP contribution in [-0.2, 0) is 0 Å². The number of hydrogen-bond donors (Lipinski definition) is 0. The lowest BCUT2D eigenvalue weighted by Gasteiger charge is -2.21. The van der Waals surface area contributed by atoms with E-state index in [9.17, 15) is 0 Å². The lowest BCUT2D eigenvalue weighted by Crippen LogP contribution is -2.01. The van der Waals surface area contributed by atoms with Crippen molar-refractivity contribution >= 4 is 37.9 Å². The van der Waals surface area contributed by atoms with Gasteiger partial charge in [0, 0.05) is 5.92 Å². The van der Waals surface area contributed by atoms with Gasteiger partial charge in [-0.25, -0.2) is 0 Å². The van der Waals surface area contributed by atoms with Crippen molar-refractivity contribution in [3.8, 4) is 0 Å². The van der Waals surface area contributed by atoms with Crippen molar-refractivity contribution in [2.24, 2.45) is 0 Å². The molecule has 0 nitrogen and oxygen atoms in total. The van der Waals surface area contributed by atoms with Crippen LogP contribution in [0.2, 0.25) is 0 Å². The molecule has 0 aliphatic heterocycles. The molecule has 1 aliphatic carbocycles. The van der Waals surface area contributed by atoms with Crippen LogP contribution in [0, 0.1) is 6.92 Å². The van der Waals surface area contributed by atoms with Gasteiger partial charge in [0.15, 0.2) is 0 Å². The molecular formula is C31H24. The Labute approximate surface area is 183 Å². The molecule has 0 heterocycles. The Kier molecular flexibility index (Phi) is 4.25. The fourth-order valence-corrected chi connectivity index (χ4v) is 5.27. The van der Waals surface area contributed by atoms with Crippen LogP contribution in [0.15, 0.2) is 109 Å². The number of benzene rings is 5. The molecule has 0 heteroatoms. The fraction of sp³-hybridized carbons (Fsp3) is 0.0968. The van der Waals surface area contributed by atoms with E-state index in [0.29, 0.717) is 5.92 Å². The standard InChI is InChI=1S/C31H24/c1-21-25-11-4-6-14-29(25)31(30-15-7-5-12-26(21)30)24-19-17-23(18-20-24)28-16-8-10-22-9-2-3-13-27(22)28/h2-17,19-20,23H,18H2,1H3. The number of fused-ring (bicyclic) bond motifs is 3. The second-order valence-corrected chi connectivity index (χ2v) is 8.52. The van der Waals surface area contributed by atoms with Crippen molar-refractivity contribution in [3.63, 3.8) is 0 Å². The van der Waals surface area contributed by atoms with Crippen LogP contribution in [0.1, 0.15) is 29.0 Å². The molecule has 0 saturated heterocycles. The highest BCUT2D eigenvalue weighted by Gasteiger charge is 2.18. The Balaban J connectivity index is 1.49. The van der Waals surface area contributed by atoms with E-state index in [4.69, 9.17) is 0 Å². The van der Waals surface area contributed by atoms with Gasteiger partial charge in [0.05, 0.1) is 0 Å². The minimum Gasteiger partial charge on any atom is -0.0761 e. The zero-order valence-electron chi connectivity index (χ0n) is 17.7. The van der Waals surface area contributed by atoms with Gasteiger partial charge < -0.3 is 0 Å². The van der Waals surface area contributed by atoms with Crippen LogP contribution in [0.4, 0.5) is 0 Å². The molecule has 0 bridgehead atoms.